The summed E-state index contributed by atoms with van der Waals surface area (Å²) in [5, 5.41) is 3.90. The van der Waals surface area contributed by atoms with Crippen LogP contribution in [0.25, 0.3) is 11.0 Å². The van der Waals surface area contributed by atoms with Crippen molar-refractivity contribution in [2.75, 3.05) is 36.4 Å². The van der Waals surface area contributed by atoms with Crippen LogP contribution in [0.5, 0.6) is 0 Å². The summed E-state index contributed by atoms with van der Waals surface area (Å²) >= 11 is 9.08. The molecule has 0 spiro atoms. The molecule has 0 unspecified atom stereocenters. The predicted octanol–water partition coefficient (Wildman–Crippen LogP) is 6.78. The first-order chi connectivity index (χ1) is 16.9. The SMILES string of the molecule is O=C(Nc1ccc(N2CCN(C(=O)c3cc4ccccc4o3)CC2)cc1)c1cc(Br)cc(Br)c1I. The summed E-state index contributed by atoms with van der Waals surface area (Å²) in [6.07, 6.45) is 0. The van der Waals surface area contributed by atoms with Crippen molar-refractivity contribution in [1.82, 2.24) is 4.90 Å². The summed E-state index contributed by atoms with van der Waals surface area (Å²) < 4.78 is 8.31. The molecule has 5 rings (SSSR count). The van der Waals surface area contributed by atoms with Gasteiger partial charge in [0.2, 0.25) is 0 Å². The van der Waals surface area contributed by atoms with Gasteiger partial charge in [-0.05, 0) is 87.1 Å². The molecule has 0 atom stereocenters. The van der Waals surface area contributed by atoms with Crippen LogP contribution in [0, 0.1) is 3.57 Å². The molecule has 0 bridgehead atoms. The van der Waals surface area contributed by atoms with Crippen LogP contribution < -0.4 is 10.2 Å². The lowest BCUT2D eigenvalue weighted by molar-refractivity contribution is 0.0717. The van der Waals surface area contributed by atoms with E-state index in [1.54, 1.807) is 0 Å². The van der Waals surface area contributed by atoms with E-state index in [4.69, 9.17) is 4.42 Å². The molecule has 0 aliphatic carbocycles. The smallest absolute Gasteiger partial charge is 0.289 e. The van der Waals surface area contributed by atoms with E-state index in [-0.39, 0.29) is 11.8 Å². The number of carbonyl (C=O) groups is 2. The molecule has 0 radical (unpaired) electrons. The number of nitrogens with zero attached hydrogens (tertiary/aromatic N) is 2. The van der Waals surface area contributed by atoms with Crippen LogP contribution in [-0.2, 0) is 0 Å². The van der Waals surface area contributed by atoms with E-state index in [1.165, 1.54) is 0 Å². The zero-order valence-electron chi connectivity index (χ0n) is 18.4. The first kappa shape index (κ1) is 24.3. The molecule has 1 saturated heterocycles. The number of fused-ring (bicyclic) bond motifs is 1. The van der Waals surface area contributed by atoms with Crippen molar-refractivity contribution in [3.05, 3.63) is 90.6 Å². The van der Waals surface area contributed by atoms with E-state index >= 15 is 0 Å². The zero-order valence-corrected chi connectivity index (χ0v) is 23.8. The van der Waals surface area contributed by atoms with Crippen molar-refractivity contribution in [2.24, 2.45) is 0 Å². The molecule has 1 N–H and O–H groups in total. The molecule has 2 heterocycles. The van der Waals surface area contributed by atoms with Gasteiger partial charge in [0.1, 0.15) is 5.58 Å². The number of hydrogen-bond donors (Lipinski definition) is 1. The number of benzene rings is 3. The van der Waals surface area contributed by atoms with Crippen molar-refractivity contribution >= 4 is 88.6 Å². The second-order valence-corrected chi connectivity index (χ2v) is 11.0. The predicted molar refractivity (Wildman–Crippen MR) is 153 cm³/mol. The largest absolute Gasteiger partial charge is 0.451 e. The molecular weight excluding hydrogens is 689 g/mol. The number of carbonyl (C=O) groups excluding carboxylic acids is 2. The molecule has 1 aliphatic heterocycles. The highest BCUT2D eigenvalue weighted by Crippen LogP contribution is 2.29. The van der Waals surface area contributed by atoms with Gasteiger partial charge in [0.15, 0.2) is 5.76 Å². The normalized spacial score (nSPS) is 13.8. The van der Waals surface area contributed by atoms with E-state index in [9.17, 15) is 9.59 Å². The summed E-state index contributed by atoms with van der Waals surface area (Å²) in [6.45, 7) is 2.68. The van der Waals surface area contributed by atoms with Gasteiger partial charge in [-0.2, -0.15) is 0 Å². The Balaban J connectivity index is 1.20. The minimum Gasteiger partial charge on any atom is -0.451 e. The Morgan fingerprint density at radius 1 is 0.914 bits per heavy atom. The fourth-order valence-corrected chi connectivity index (χ4v) is 5.87. The Morgan fingerprint density at radius 3 is 2.34 bits per heavy atom. The number of hydrogen-bond acceptors (Lipinski definition) is 4. The highest BCUT2D eigenvalue weighted by Gasteiger charge is 2.25. The maximum absolute atomic E-state index is 12.9. The van der Waals surface area contributed by atoms with Crippen molar-refractivity contribution in [3.8, 4) is 0 Å². The third-order valence-electron chi connectivity index (χ3n) is 5.93. The molecule has 4 aromatic rings. The van der Waals surface area contributed by atoms with E-state index in [1.807, 2.05) is 71.6 Å². The van der Waals surface area contributed by atoms with Crippen LogP contribution in [0.3, 0.4) is 0 Å². The number of nitrogens with one attached hydrogen (secondary N) is 1. The van der Waals surface area contributed by atoms with Crippen LogP contribution in [0.2, 0.25) is 0 Å². The maximum atomic E-state index is 12.9. The molecule has 1 aromatic heterocycles. The van der Waals surface area contributed by atoms with Crippen LogP contribution in [0.1, 0.15) is 20.9 Å². The van der Waals surface area contributed by atoms with Gasteiger partial charge in [-0.1, -0.05) is 34.1 Å². The maximum Gasteiger partial charge on any atom is 0.289 e. The molecule has 178 valence electrons. The fourth-order valence-electron chi connectivity index (χ4n) is 4.09. The zero-order chi connectivity index (χ0) is 24.5. The van der Waals surface area contributed by atoms with E-state index in [0.29, 0.717) is 24.4 Å². The quantitative estimate of drug-likeness (QED) is 0.188. The molecule has 0 saturated carbocycles. The average molecular weight is 709 g/mol. The lowest BCUT2D eigenvalue weighted by atomic mass is 10.2. The Kier molecular flexibility index (Phi) is 7.17. The van der Waals surface area contributed by atoms with Gasteiger partial charge in [-0.3, -0.25) is 9.59 Å². The van der Waals surface area contributed by atoms with E-state index in [2.05, 4.69) is 64.7 Å². The molecular formula is C26H20Br2IN3O3. The minimum atomic E-state index is -0.165. The molecule has 1 fully saturated rings. The van der Waals surface area contributed by atoms with Crippen molar-refractivity contribution in [2.45, 2.75) is 0 Å². The fraction of sp³-hybridized carbons (Fsp3) is 0.154. The van der Waals surface area contributed by atoms with E-state index in [0.717, 1.165) is 47.9 Å². The Morgan fingerprint density at radius 2 is 1.63 bits per heavy atom. The summed E-state index contributed by atoms with van der Waals surface area (Å²) in [5.74, 6) is 0.140. The number of halogens is 3. The van der Waals surface area contributed by atoms with Gasteiger partial charge in [-0.15, -0.1) is 0 Å². The molecule has 35 heavy (non-hydrogen) atoms. The van der Waals surface area contributed by atoms with Gasteiger partial charge < -0.3 is 19.5 Å². The lowest BCUT2D eigenvalue weighted by Crippen LogP contribution is -2.48. The minimum absolute atomic E-state index is 0.0762. The third-order valence-corrected chi connectivity index (χ3v) is 8.92. The summed E-state index contributed by atoms with van der Waals surface area (Å²) in [4.78, 5) is 29.8. The van der Waals surface area contributed by atoms with Gasteiger partial charge in [0.25, 0.3) is 11.8 Å². The van der Waals surface area contributed by atoms with Gasteiger partial charge >= 0.3 is 0 Å². The van der Waals surface area contributed by atoms with Crippen LogP contribution in [-0.4, -0.2) is 42.9 Å². The number of amides is 2. The second kappa shape index (κ2) is 10.3. The van der Waals surface area contributed by atoms with Gasteiger partial charge in [-0.25, -0.2) is 0 Å². The summed E-state index contributed by atoms with van der Waals surface area (Å²) in [6, 6.07) is 21.0. The van der Waals surface area contributed by atoms with Gasteiger partial charge in [0, 0.05) is 55.5 Å². The van der Waals surface area contributed by atoms with Gasteiger partial charge in [0.05, 0.1) is 5.56 Å². The summed E-state index contributed by atoms with van der Waals surface area (Å²) in [5.41, 5.74) is 3.10. The standard InChI is InChI=1S/C26H20Br2IN3O3/c27-17-14-20(24(29)21(28)15-17)25(33)30-18-5-7-19(8-6-18)31-9-11-32(12-10-31)26(34)23-13-16-3-1-2-4-22(16)35-23/h1-8,13-15H,9-12H2,(H,30,33). The molecule has 3 aromatic carbocycles. The first-order valence-corrected chi connectivity index (χ1v) is 13.6. The van der Waals surface area contributed by atoms with Crippen LogP contribution >= 0.6 is 54.5 Å². The number of anilines is 2. The second-order valence-electron chi connectivity index (χ2n) is 8.18. The van der Waals surface area contributed by atoms with Crippen molar-refractivity contribution in [1.29, 1.82) is 0 Å². The average Bonchev–Trinajstić information content (AvgIpc) is 3.31. The highest BCUT2D eigenvalue weighted by atomic mass is 127. The molecule has 2 amide bonds. The van der Waals surface area contributed by atoms with Crippen LogP contribution in [0.4, 0.5) is 11.4 Å². The highest BCUT2D eigenvalue weighted by molar-refractivity contribution is 14.1. The Bertz CT molecular complexity index is 1380. The summed E-state index contributed by atoms with van der Waals surface area (Å²) in [7, 11) is 0. The molecule has 1 aliphatic rings. The van der Waals surface area contributed by atoms with Crippen molar-refractivity contribution < 1.29 is 14.0 Å². The number of piperazine rings is 1. The topological polar surface area (TPSA) is 65.8 Å². The Hall–Kier alpha value is -2.37. The Labute approximate surface area is 233 Å². The number of para-hydroxylation sites is 1. The number of rotatable bonds is 4. The molecule has 9 heteroatoms. The lowest BCUT2D eigenvalue weighted by Gasteiger charge is -2.35. The van der Waals surface area contributed by atoms with E-state index < -0.39 is 0 Å². The monoisotopic (exact) mass is 707 g/mol. The number of furan rings is 1. The third kappa shape index (κ3) is 5.26. The van der Waals surface area contributed by atoms with Crippen LogP contribution in [0.15, 0.2) is 80.1 Å². The first-order valence-electron chi connectivity index (χ1n) is 11.0. The molecule has 6 nitrogen and oxygen atoms in total. The van der Waals surface area contributed by atoms with Crippen molar-refractivity contribution in [3.63, 3.8) is 0 Å².